The van der Waals surface area contributed by atoms with E-state index in [4.69, 9.17) is 0 Å². The topological polar surface area (TPSA) is 95.6 Å². The monoisotopic (exact) mass is 325 g/mol. The molecule has 0 bridgehead atoms. The molecule has 0 spiro atoms. The summed E-state index contributed by atoms with van der Waals surface area (Å²) in [6.07, 6.45) is 3.86. The highest BCUT2D eigenvalue weighted by molar-refractivity contribution is 6.06. The minimum Gasteiger partial charge on any atom is -0.356 e. The van der Waals surface area contributed by atoms with E-state index in [0.717, 1.165) is 30.6 Å². The molecule has 4 amide bonds. The highest BCUT2D eigenvalue weighted by atomic mass is 16.2. The third-order valence-electron chi connectivity index (χ3n) is 3.95. The summed E-state index contributed by atoms with van der Waals surface area (Å²) in [6.45, 7) is 5.97. The average molecular weight is 325 g/mol. The Hall–Kier alpha value is -1.92. The SMILES string of the molecule is CC(=O)NCCCCCCNC(=O)[C@H](C)N1C(=O)CC(C)C1=O. The number of hydrogen-bond acceptors (Lipinski definition) is 4. The molecule has 0 radical (unpaired) electrons. The zero-order valence-corrected chi connectivity index (χ0v) is 14.2. The van der Waals surface area contributed by atoms with Crippen LogP contribution in [0.4, 0.5) is 0 Å². The van der Waals surface area contributed by atoms with E-state index in [-0.39, 0.29) is 36.0 Å². The number of likely N-dealkylation sites (tertiary alicyclic amines) is 1. The molecule has 0 aromatic heterocycles. The Labute approximate surface area is 137 Å². The first-order valence-corrected chi connectivity index (χ1v) is 8.22. The predicted octanol–water partition coefficient (Wildman–Crippen LogP) is 0.583. The van der Waals surface area contributed by atoms with Gasteiger partial charge in [0.15, 0.2) is 0 Å². The van der Waals surface area contributed by atoms with Gasteiger partial charge in [0.25, 0.3) is 0 Å². The lowest BCUT2D eigenvalue weighted by Gasteiger charge is -2.22. The van der Waals surface area contributed by atoms with Crippen LogP contribution < -0.4 is 10.6 Å². The van der Waals surface area contributed by atoms with E-state index in [1.807, 2.05) is 0 Å². The quantitative estimate of drug-likeness (QED) is 0.479. The first-order valence-electron chi connectivity index (χ1n) is 8.22. The second-order valence-electron chi connectivity index (χ2n) is 6.07. The maximum atomic E-state index is 12.0. The van der Waals surface area contributed by atoms with Gasteiger partial charge in [0, 0.05) is 32.4 Å². The number of amides is 4. The van der Waals surface area contributed by atoms with Crippen molar-refractivity contribution in [1.82, 2.24) is 15.5 Å². The van der Waals surface area contributed by atoms with Crippen molar-refractivity contribution < 1.29 is 19.2 Å². The molecule has 2 atom stereocenters. The fraction of sp³-hybridized carbons (Fsp3) is 0.750. The summed E-state index contributed by atoms with van der Waals surface area (Å²) in [6, 6.07) is -0.750. The number of imide groups is 1. The summed E-state index contributed by atoms with van der Waals surface area (Å²) in [5.74, 6) is -1.19. The number of nitrogens with zero attached hydrogens (tertiary/aromatic N) is 1. The molecule has 1 heterocycles. The van der Waals surface area contributed by atoms with Gasteiger partial charge in [0.2, 0.25) is 23.6 Å². The molecule has 0 aromatic rings. The number of rotatable bonds is 9. The van der Waals surface area contributed by atoms with E-state index in [9.17, 15) is 19.2 Å². The lowest BCUT2D eigenvalue weighted by Crippen LogP contribution is -2.48. The highest BCUT2D eigenvalue weighted by Gasteiger charge is 2.40. The maximum absolute atomic E-state index is 12.0. The summed E-state index contributed by atoms with van der Waals surface area (Å²) in [7, 11) is 0. The lowest BCUT2D eigenvalue weighted by molar-refractivity contribution is -0.146. The third kappa shape index (κ3) is 6.00. The van der Waals surface area contributed by atoms with Crippen LogP contribution in [0.25, 0.3) is 0 Å². The van der Waals surface area contributed by atoms with Crippen molar-refractivity contribution in [3.05, 3.63) is 0 Å². The lowest BCUT2D eigenvalue weighted by atomic mass is 10.1. The van der Waals surface area contributed by atoms with Crippen LogP contribution >= 0.6 is 0 Å². The van der Waals surface area contributed by atoms with Crippen LogP contribution in [0.2, 0.25) is 0 Å². The normalized spacial score (nSPS) is 18.9. The van der Waals surface area contributed by atoms with E-state index in [2.05, 4.69) is 10.6 Å². The second-order valence-corrected chi connectivity index (χ2v) is 6.07. The van der Waals surface area contributed by atoms with Crippen LogP contribution in [0.3, 0.4) is 0 Å². The van der Waals surface area contributed by atoms with Gasteiger partial charge in [-0.15, -0.1) is 0 Å². The standard InChI is InChI=1S/C16H27N3O4/c1-11-10-14(21)19(16(11)23)12(2)15(22)18-9-7-5-4-6-8-17-13(3)20/h11-12H,4-10H2,1-3H3,(H,17,20)(H,18,22)/t11?,12-/m0/s1. The Kier molecular flexibility index (Phi) is 7.71. The molecular weight excluding hydrogens is 298 g/mol. The maximum Gasteiger partial charge on any atom is 0.243 e. The van der Waals surface area contributed by atoms with Crippen molar-refractivity contribution in [2.45, 2.75) is 58.9 Å². The zero-order chi connectivity index (χ0) is 17.4. The van der Waals surface area contributed by atoms with Crippen molar-refractivity contribution >= 4 is 23.6 Å². The summed E-state index contributed by atoms with van der Waals surface area (Å²) < 4.78 is 0. The minimum absolute atomic E-state index is 0.0217. The molecule has 1 aliphatic heterocycles. The molecule has 1 unspecified atom stereocenters. The Bertz CT molecular complexity index is 464. The first-order chi connectivity index (χ1) is 10.8. The van der Waals surface area contributed by atoms with E-state index in [1.165, 1.54) is 6.92 Å². The van der Waals surface area contributed by atoms with Crippen LogP contribution in [0.1, 0.15) is 52.9 Å². The van der Waals surface area contributed by atoms with Gasteiger partial charge in [-0.25, -0.2) is 0 Å². The molecule has 1 aliphatic rings. The molecule has 1 saturated heterocycles. The van der Waals surface area contributed by atoms with Crippen molar-refractivity contribution in [3.8, 4) is 0 Å². The van der Waals surface area contributed by atoms with E-state index >= 15 is 0 Å². The average Bonchev–Trinajstić information content (AvgIpc) is 2.73. The fourth-order valence-corrected chi connectivity index (χ4v) is 2.56. The minimum atomic E-state index is -0.750. The van der Waals surface area contributed by atoms with Gasteiger partial charge in [-0.1, -0.05) is 19.8 Å². The predicted molar refractivity (Wildman–Crippen MR) is 85.3 cm³/mol. The largest absolute Gasteiger partial charge is 0.356 e. The molecule has 1 fully saturated rings. The van der Waals surface area contributed by atoms with Crippen LogP contribution in [-0.2, 0) is 19.2 Å². The molecule has 7 heteroatoms. The van der Waals surface area contributed by atoms with Crippen LogP contribution in [0.5, 0.6) is 0 Å². The summed E-state index contributed by atoms with van der Waals surface area (Å²) in [5, 5.41) is 5.50. The molecule has 23 heavy (non-hydrogen) atoms. The van der Waals surface area contributed by atoms with Crippen molar-refractivity contribution in [1.29, 1.82) is 0 Å². The van der Waals surface area contributed by atoms with Gasteiger partial charge in [-0.05, 0) is 19.8 Å². The van der Waals surface area contributed by atoms with Gasteiger partial charge in [-0.3, -0.25) is 24.1 Å². The summed E-state index contributed by atoms with van der Waals surface area (Å²) in [5.41, 5.74) is 0. The van der Waals surface area contributed by atoms with E-state index in [1.54, 1.807) is 13.8 Å². The highest BCUT2D eigenvalue weighted by Crippen LogP contribution is 2.21. The molecule has 0 saturated carbocycles. The van der Waals surface area contributed by atoms with Gasteiger partial charge in [0.1, 0.15) is 6.04 Å². The third-order valence-corrected chi connectivity index (χ3v) is 3.95. The van der Waals surface area contributed by atoms with Gasteiger partial charge in [0.05, 0.1) is 0 Å². The van der Waals surface area contributed by atoms with Gasteiger partial charge < -0.3 is 10.6 Å². The smallest absolute Gasteiger partial charge is 0.243 e. The molecular formula is C16H27N3O4. The molecule has 0 aromatic carbocycles. The fourth-order valence-electron chi connectivity index (χ4n) is 2.56. The van der Waals surface area contributed by atoms with Crippen molar-refractivity contribution in [3.63, 3.8) is 0 Å². The Morgan fingerprint density at radius 1 is 1.13 bits per heavy atom. The molecule has 2 N–H and O–H groups in total. The molecule has 1 rings (SSSR count). The first kappa shape index (κ1) is 19.1. The van der Waals surface area contributed by atoms with Gasteiger partial charge >= 0.3 is 0 Å². The zero-order valence-electron chi connectivity index (χ0n) is 14.2. The van der Waals surface area contributed by atoms with Crippen LogP contribution in [0.15, 0.2) is 0 Å². The molecule has 0 aliphatic carbocycles. The number of unbranched alkanes of at least 4 members (excludes halogenated alkanes) is 3. The van der Waals surface area contributed by atoms with Crippen molar-refractivity contribution in [2.24, 2.45) is 5.92 Å². The number of carbonyl (C=O) groups excluding carboxylic acids is 4. The Balaban J connectivity index is 2.18. The molecule has 130 valence electrons. The Morgan fingerprint density at radius 2 is 1.70 bits per heavy atom. The number of nitrogens with one attached hydrogen (secondary N) is 2. The second kappa shape index (κ2) is 9.27. The van der Waals surface area contributed by atoms with E-state index < -0.39 is 6.04 Å². The van der Waals surface area contributed by atoms with Crippen molar-refractivity contribution in [2.75, 3.05) is 13.1 Å². The number of carbonyl (C=O) groups is 4. The number of hydrogen-bond donors (Lipinski definition) is 2. The summed E-state index contributed by atoms with van der Waals surface area (Å²) in [4.78, 5) is 47.4. The van der Waals surface area contributed by atoms with E-state index in [0.29, 0.717) is 13.1 Å². The van der Waals surface area contributed by atoms with Crippen LogP contribution in [-0.4, -0.2) is 47.7 Å². The van der Waals surface area contributed by atoms with Crippen LogP contribution in [0, 0.1) is 5.92 Å². The molecule has 7 nitrogen and oxygen atoms in total. The summed E-state index contributed by atoms with van der Waals surface area (Å²) >= 11 is 0. The Morgan fingerprint density at radius 3 is 2.17 bits per heavy atom. The van der Waals surface area contributed by atoms with Gasteiger partial charge in [-0.2, -0.15) is 0 Å².